The molecule has 2 amide bonds. The van der Waals surface area contributed by atoms with Gasteiger partial charge in [-0.3, -0.25) is 9.59 Å². The van der Waals surface area contributed by atoms with E-state index in [1.165, 1.54) is 9.80 Å². The fraction of sp³-hybridized carbons (Fsp3) is 0.391. The first-order valence-corrected chi connectivity index (χ1v) is 10.9. The Morgan fingerprint density at radius 2 is 1.63 bits per heavy atom. The van der Waals surface area contributed by atoms with Gasteiger partial charge in [-0.15, -0.1) is 0 Å². The molecule has 2 heterocycles. The van der Waals surface area contributed by atoms with Crippen molar-refractivity contribution in [2.24, 2.45) is 0 Å². The van der Waals surface area contributed by atoms with Crippen LogP contribution in [-0.2, 0) is 9.59 Å². The summed E-state index contributed by atoms with van der Waals surface area (Å²) in [5.41, 5.74) is 1.76. The molecule has 7 heteroatoms. The van der Waals surface area contributed by atoms with Gasteiger partial charge in [0.1, 0.15) is 5.75 Å². The molecule has 2 aromatic rings. The minimum Gasteiger partial charge on any atom is -0.494 e. The molecule has 0 bridgehead atoms. The van der Waals surface area contributed by atoms with Crippen molar-refractivity contribution in [2.75, 3.05) is 42.6 Å². The number of hydrogen-bond acceptors (Lipinski definition) is 4. The molecule has 0 aromatic heterocycles. The monoisotopic (exact) mass is 428 g/mol. The molecule has 0 saturated carbocycles. The number of quaternary nitrogens is 1. The largest absolute Gasteiger partial charge is 0.494 e. The van der Waals surface area contributed by atoms with Crippen molar-refractivity contribution in [1.82, 2.24) is 0 Å². The standard InChI is InChI=1S/C23H26ClN3O3/c1-2-15-30-20-9-7-19(8-10-20)27-22(28)16-21(23(27)29)26-13-11-25(12-14-26)18-5-3-17(24)4-6-18/h3-10,21H,2,11-16H2,1H3/p+1/t21-/m0/s1. The van der Waals surface area contributed by atoms with Gasteiger partial charge in [-0.05, 0) is 55.0 Å². The van der Waals surface area contributed by atoms with Crippen molar-refractivity contribution >= 4 is 34.8 Å². The minimum absolute atomic E-state index is 0.0998. The molecule has 2 aliphatic heterocycles. The van der Waals surface area contributed by atoms with Crippen molar-refractivity contribution in [2.45, 2.75) is 25.8 Å². The van der Waals surface area contributed by atoms with E-state index in [-0.39, 0.29) is 24.3 Å². The molecule has 1 atom stereocenters. The number of nitrogens with one attached hydrogen (secondary N) is 1. The molecular formula is C23H27ClN3O3+. The van der Waals surface area contributed by atoms with Gasteiger partial charge in [-0.1, -0.05) is 18.5 Å². The van der Waals surface area contributed by atoms with Crippen LogP contribution in [0.1, 0.15) is 19.8 Å². The third-order valence-electron chi connectivity index (χ3n) is 5.80. The molecule has 0 aliphatic carbocycles. The summed E-state index contributed by atoms with van der Waals surface area (Å²) in [7, 11) is 0. The van der Waals surface area contributed by atoms with E-state index >= 15 is 0 Å². The van der Waals surface area contributed by atoms with Crippen LogP contribution in [0.25, 0.3) is 0 Å². The lowest BCUT2D eigenvalue weighted by Gasteiger charge is -2.35. The number of benzene rings is 2. The average Bonchev–Trinajstić information content (AvgIpc) is 3.07. The normalized spacial score (nSPS) is 20.1. The second-order valence-corrected chi connectivity index (χ2v) is 8.22. The summed E-state index contributed by atoms with van der Waals surface area (Å²) in [5.74, 6) is 0.525. The van der Waals surface area contributed by atoms with E-state index in [4.69, 9.17) is 16.3 Å². The molecule has 30 heavy (non-hydrogen) atoms. The van der Waals surface area contributed by atoms with Gasteiger partial charge in [0.15, 0.2) is 6.04 Å². The fourth-order valence-corrected chi connectivity index (χ4v) is 4.31. The van der Waals surface area contributed by atoms with E-state index in [9.17, 15) is 9.59 Å². The molecule has 2 aliphatic rings. The van der Waals surface area contributed by atoms with Crippen LogP contribution in [-0.4, -0.2) is 50.6 Å². The van der Waals surface area contributed by atoms with Crippen molar-refractivity contribution in [3.63, 3.8) is 0 Å². The number of halogens is 1. The smallest absolute Gasteiger partial charge is 0.292 e. The number of carbonyl (C=O) groups is 2. The highest BCUT2D eigenvalue weighted by Crippen LogP contribution is 2.25. The summed E-state index contributed by atoms with van der Waals surface area (Å²) in [6.07, 6.45) is 1.20. The highest BCUT2D eigenvalue weighted by atomic mass is 35.5. The lowest BCUT2D eigenvalue weighted by molar-refractivity contribution is -0.915. The first-order chi connectivity index (χ1) is 14.6. The zero-order chi connectivity index (χ0) is 21.1. The zero-order valence-corrected chi connectivity index (χ0v) is 17.9. The van der Waals surface area contributed by atoms with E-state index < -0.39 is 0 Å². The predicted octanol–water partition coefficient (Wildman–Crippen LogP) is 2.17. The van der Waals surface area contributed by atoms with Gasteiger partial charge < -0.3 is 14.5 Å². The van der Waals surface area contributed by atoms with Crippen LogP contribution in [0.15, 0.2) is 48.5 Å². The SMILES string of the molecule is CCCOc1ccc(N2C(=O)C[C@H]([NH+]3CCN(c4ccc(Cl)cc4)CC3)C2=O)cc1. The highest BCUT2D eigenvalue weighted by molar-refractivity contribution is 6.30. The lowest BCUT2D eigenvalue weighted by Crippen LogP contribution is -3.19. The molecule has 4 rings (SSSR count). The molecule has 2 fully saturated rings. The number of nitrogens with zero attached hydrogens (tertiary/aromatic N) is 2. The lowest BCUT2D eigenvalue weighted by atomic mass is 10.1. The Hall–Kier alpha value is -2.57. The van der Waals surface area contributed by atoms with Crippen LogP contribution in [0.3, 0.4) is 0 Å². The van der Waals surface area contributed by atoms with Crippen LogP contribution in [0.5, 0.6) is 5.75 Å². The van der Waals surface area contributed by atoms with Gasteiger partial charge in [-0.25, -0.2) is 4.90 Å². The molecule has 1 N–H and O–H groups in total. The highest BCUT2D eigenvalue weighted by Gasteiger charge is 2.46. The summed E-state index contributed by atoms with van der Waals surface area (Å²) < 4.78 is 5.59. The molecule has 0 radical (unpaired) electrons. The van der Waals surface area contributed by atoms with Crippen molar-refractivity contribution in [3.8, 4) is 5.75 Å². The van der Waals surface area contributed by atoms with Crippen molar-refractivity contribution < 1.29 is 19.2 Å². The summed E-state index contributed by atoms with van der Waals surface area (Å²) in [6, 6.07) is 14.7. The number of anilines is 2. The Balaban J connectivity index is 1.39. The topological polar surface area (TPSA) is 54.3 Å². The molecule has 0 spiro atoms. The number of ether oxygens (including phenoxy) is 1. The maximum absolute atomic E-state index is 13.1. The number of rotatable bonds is 6. The van der Waals surface area contributed by atoms with Crippen LogP contribution in [0.4, 0.5) is 11.4 Å². The molecule has 158 valence electrons. The minimum atomic E-state index is -0.305. The third-order valence-corrected chi connectivity index (χ3v) is 6.06. The van der Waals surface area contributed by atoms with Crippen molar-refractivity contribution in [1.29, 1.82) is 0 Å². The quantitative estimate of drug-likeness (QED) is 0.716. The third kappa shape index (κ3) is 4.30. The van der Waals surface area contributed by atoms with E-state index in [2.05, 4.69) is 4.90 Å². The van der Waals surface area contributed by atoms with Crippen LogP contribution >= 0.6 is 11.6 Å². The van der Waals surface area contributed by atoms with Gasteiger partial charge in [0.2, 0.25) is 5.91 Å². The Morgan fingerprint density at radius 3 is 2.27 bits per heavy atom. The molecule has 2 saturated heterocycles. The maximum atomic E-state index is 13.1. The molecular weight excluding hydrogens is 402 g/mol. The number of imide groups is 1. The zero-order valence-electron chi connectivity index (χ0n) is 17.1. The van der Waals surface area contributed by atoms with Crippen LogP contribution in [0.2, 0.25) is 5.02 Å². The Morgan fingerprint density at radius 1 is 1.00 bits per heavy atom. The van der Waals surface area contributed by atoms with E-state index in [1.807, 2.05) is 43.3 Å². The van der Waals surface area contributed by atoms with Crippen LogP contribution < -0.4 is 19.4 Å². The summed E-state index contributed by atoms with van der Waals surface area (Å²) >= 11 is 5.98. The Labute approximate surface area is 182 Å². The van der Waals surface area contributed by atoms with Gasteiger partial charge in [0.25, 0.3) is 5.91 Å². The van der Waals surface area contributed by atoms with E-state index in [0.29, 0.717) is 12.3 Å². The number of piperazine rings is 1. The number of amides is 2. The Bertz CT molecular complexity index is 893. The second kappa shape index (κ2) is 9.06. The predicted molar refractivity (Wildman–Crippen MR) is 117 cm³/mol. The first kappa shape index (κ1) is 20.7. The second-order valence-electron chi connectivity index (χ2n) is 7.79. The fourth-order valence-electron chi connectivity index (χ4n) is 4.19. The summed E-state index contributed by atoms with van der Waals surface area (Å²) in [5, 5.41) is 0.725. The van der Waals surface area contributed by atoms with Crippen molar-refractivity contribution in [3.05, 3.63) is 53.6 Å². The number of carbonyl (C=O) groups excluding carboxylic acids is 2. The van der Waals surface area contributed by atoms with Crippen LogP contribution in [0, 0.1) is 0 Å². The van der Waals surface area contributed by atoms with Gasteiger partial charge in [-0.2, -0.15) is 0 Å². The van der Waals surface area contributed by atoms with Gasteiger partial charge >= 0.3 is 0 Å². The average molecular weight is 429 g/mol. The summed E-state index contributed by atoms with van der Waals surface area (Å²) in [4.78, 5) is 30.6. The van der Waals surface area contributed by atoms with E-state index in [0.717, 1.165) is 49.1 Å². The van der Waals surface area contributed by atoms with Gasteiger partial charge in [0.05, 0.1) is 44.9 Å². The van der Waals surface area contributed by atoms with E-state index in [1.54, 1.807) is 12.1 Å². The maximum Gasteiger partial charge on any atom is 0.292 e. The molecule has 0 unspecified atom stereocenters. The molecule has 6 nitrogen and oxygen atoms in total. The Kier molecular flexibility index (Phi) is 6.25. The first-order valence-electron chi connectivity index (χ1n) is 10.5. The number of hydrogen-bond donors (Lipinski definition) is 1. The molecule has 2 aromatic carbocycles. The van der Waals surface area contributed by atoms with Gasteiger partial charge in [0, 0.05) is 10.7 Å². The summed E-state index contributed by atoms with van der Waals surface area (Å²) in [6.45, 7) is 6.03.